The van der Waals surface area contributed by atoms with Crippen molar-refractivity contribution >= 4 is 35.8 Å². The van der Waals surface area contributed by atoms with Crippen molar-refractivity contribution in [2.45, 2.75) is 6.54 Å². The molecule has 0 aliphatic carbocycles. The topological polar surface area (TPSA) is 58.3 Å². The molecule has 0 fully saturated rings. The fourth-order valence-corrected chi connectivity index (χ4v) is 1.81. The van der Waals surface area contributed by atoms with Crippen LogP contribution in [0.1, 0.15) is 5.56 Å². The lowest BCUT2D eigenvalue weighted by molar-refractivity contribution is 0.425. The highest BCUT2D eigenvalue weighted by molar-refractivity contribution is 6.58. The fraction of sp³-hybridized carbons (Fsp3) is 0.100. The van der Waals surface area contributed by atoms with Crippen molar-refractivity contribution in [3.05, 3.63) is 46.2 Å². The van der Waals surface area contributed by atoms with E-state index in [1.54, 1.807) is 29.1 Å². The highest BCUT2D eigenvalue weighted by atomic mass is 35.5. The van der Waals surface area contributed by atoms with Gasteiger partial charge in [0.25, 0.3) is 0 Å². The number of nitrogens with zero attached hydrogens (tertiary/aromatic N) is 2. The van der Waals surface area contributed by atoms with Crippen molar-refractivity contribution in [3.8, 4) is 0 Å². The molecular formula is C10H9BCl2N2O2. The zero-order chi connectivity index (χ0) is 12.4. The Kier molecular flexibility index (Phi) is 3.74. The first-order valence-corrected chi connectivity index (χ1v) is 5.64. The number of benzene rings is 1. The molecule has 0 atom stereocenters. The Bertz CT molecular complexity index is 531. The highest BCUT2D eigenvalue weighted by Crippen LogP contribution is 2.21. The van der Waals surface area contributed by atoms with E-state index in [0.717, 1.165) is 5.56 Å². The molecule has 0 amide bonds. The van der Waals surface area contributed by atoms with E-state index in [-0.39, 0.29) is 0 Å². The van der Waals surface area contributed by atoms with Crippen molar-refractivity contribution in [1.82, 2.24) is 9.78 Å². The van der Waals surface area contributed by atoms with Gasteiger partial charge in [-0.3, -0.25) is 4.68 Å². The first-order chi connectivity index (χ1) is 8.06. The number of halogens is 2. The minimum absolute atomic E-state index is 0.336. The lowest BCUT2D eigenvalue weighted by Crippen LogP contribution is -2.28. The van der Waals surface area contributed by atoms with E-state index >= 15 is 0 Å². The van der Waals surface area contributed by atoms with E-state index in [1.807, 2.05) is 0 Å². The highest BCUT2D eigenvalue weighted by Gasteiger charge is 2.13. The molecule has 0 saturated heterocycles. The first-order valence-electron chi connectivity index (χ1n) is 4.88. The molecule has 0 aliphatic heterocycles. The maximum Gasteiger partial charge on any atom is 0.491 e. The third-order valence-corrected chi connectivity index (χ3v) is 2.90. The van der Waals surface area contributed by atoms with Gasteiger partial charge in [-0.05, 0) is 23.8 Å². The van der Waals surface area contributed by atoms with E-state index in [1.165, 1.54) is 6.20 Å². The van der Waals surface area contributed by atoms with Crippen LogP contribution < -0.4 is 5.46 Å². The van der Waals surface area contributed by atoms with Crippen LogP contribution in [0.5, 0.6) is 0 Å². The molecule has 4 nitrogen and oxygen atoms in total. The van der Waals surface area contributed by atoms with Gasteiger partial charge in [0.2, 0.25) is 0 Å². The van der Waals surface area contributed by atoms with Crippen LogP contribution in [0.3, 0.4) is 0 Å². The Morgan fingerprint density at radius 3 is 2.71 bits per heavy atom. The van der Waals surface area contributed by atoms with Gasteiger partial charge in [0.05, 0.1) is 6.54 Å². The van der Waals surface area contributed by atoms with Gasteiger partial charge < -0.3 is 10.0 Å². The average molecular weight is 271 g/mol. The number of hydrogen-bond acceptors (Lipinski definition) is 3. The molecule has 17 heavy (non-hydrogen) atoms. The second-order valence-electron chi connectivity index (χ2n) is 3.58. The Labute approximate surface area is 109 Å². The molecule has 2 N–H and O–H groups in total. The first kappa shape index (κ1) is 12.5. The van der Waals surface area contributed by atoms with Gasteiger partial charge >= 0.3 is 7.12 Å². The normalized spacial score (nSPS) is 10.6. The third kappa shape index (κ3) is 3.01. The summed E-state index contributed by atoms with van der Waals surface area (Å²) in [6.45, 7) is 0.423. The maximum atomic E-state index is 8.96. The fourth-order valence-electron chi connectivity index (χ4n) is 1.44. The summed E-state index contributed by atoms with van der Waals surface area (Å²) in [6, 6.07) is 5.17. The molecule has 1 heterocycles. The summed E-state index contributed by atoms with van der Waals surface area (Å²) < 4.78 is 1.56. The molecule has 1 aromatic carbocycles. The second kappa shape index (κ2) is 5.10. The van der Waals surface area contributed by atoms with Crippen LogP contribution in [-0.2, 0) is 6.54 Å². The molecule has 0 bridgehead atoms. The standard InChI is InChI=1S/C10H9BCl2N2O2/c12-9-1-2-10(13)7(3-9)5-15-6-8(4-14-15)11(16)17/h1-4,6,16-17H,5H2. The van der Waals surface area contributed by atoms with Crippen molar-refractivity contribution in [3.63, 3.8) is 0 Å². The van der Waals surface area contributed by atoms with E-state index < -0.39 is 7.12 Å². The zero-order valence-corrected chi connectivity index (χ0v) is 10.2. The third-order valence-electron chi connectivity index (χ3n) is 2.29. The predicted molar refractivity (Wildman–Crippen MR) is 67.6 cm³/mol. The van der Waals surface area contributed by atoms with Gasteiger partial charge in [-0.1, -0.05) is 23.2 Å². The van der Waals surface area contributed by atoms with Crippen LogP contribution in [0.15, 0.2) is 30.6 Å². The van der Waals surface area contributed by atoms with E-state index in [2.05, 4.69) is 5.10 Å². The molecule has 2 aromatic rings. The Morgan fingerprint density at radius 1 is 1.29 bits per heavy atom. The molecule has 0 unspecified atom stereocenters. The predicted octanol–water partition coefficient (Wildman–Crippen LogP) is 0.918. The Morgan fingerprint density at radius 2 is 2.06 bits per heavy atom. The van der Waals surface area contributed by atoms with Crippen molar-refractivity contribution in [1.29, 1.82) is 0 Å². The summed E-state index contributed by atoms with van der Waals surface area (Å²) >= 11 is 11.9. The molecule has 0 saturated carbocycles. The van der Waals surface area contributed by atoms with Gasteiger partial charge in [-0.2, -0.15) is 5.10 Å². The summed E-state index contributed by atoms with van der Waals surface area (Å²) in [5, 5.41) is 23.1. The molecule has 0 aliphatic rings. The molecule has 0 spiro atoms. The van der Waals surface area contributed by atoms with Crippen LogP contribution in [0.2, 0.25) is 10.0 Å². The van der Waals surface area contributed by atoms with Gasteiger partial charge in [0.1, 0.15) is 0 Å². The molecule has 1 aromatic heterocycles. The van der Waals surface area contributed by atoms with Crippen LogP contribution in [0.4, 0.5) is 0 Å². The largest absolute Gasteiger partial charge is 0.491 e. The summed E-state index contributed by atoms with van der Waals surface area (Å²) in [4.78, 5) is 0. The van der Waals surface area contributed by atoms with Crippen molar-refractivity contribution in [2.24, 2.45) is 0 Å². The summed E-state index contributed by atoms with van der Waals surface area (Å²) in [7, 11) is -1.52. The van der Waals surface area contributed by atoms with Crippen LogP contribution >= 0.6 is 23.2 Å². The maximum absolute atomic E-state index is 8.96. The minimum Gasteiger partial charge on any atom is -0.423 e. The number of hydrogen-bond donors (Lipinski definition) is 2. The lowest BCUT2D eigenvalue weighted by atomic mass is 9.83. The Hall–Kier alpha value is -1.01. The molecule has 0 radical (unpaired) electrons. The minimum atomic E-state index is -1.52. The summed E-state index contributed by atoms with van der Waals surface area (Å²) in [5.74, 6) is 0. The van der Waals surface area contributed by atoms with E-state index in [9.17, 15) is 0 Å². The zero-order valence-electron chi connectivity index (χ0n) is 8.72. The second-order valence-corrected chi connectivity index (χ2v) is 4.42. The SMILES string of the molecule is OB(O)c1cnn(Cc2cc(Cl)ccc2Cl)c1. The van der Waals surface area contributed by atoms with Crippen molar-refractivity contribution < 1.29 is 10.0 Å². The molecule has 88 valence electrons. The van der Waals surface area contributed by atoms with Crippen molar-refractivity contribution in [2.75, 3.05) is 0 Å². The van der Waals surface area contributed by atoms with E-state index in [0.29, 0.717) is 22.1 Å². The monoisotopic (exact) mass is 270 g/mol. The van der Waals surface area contributed by atoms with Gasteiger partial charge in [-0.25, -0.2) is 0 Å². The molecule has 7 heteroatoms. The van der Waals surface area contributed by atoms with Gasteiger partial charge in [0, 0.05) is 27.9 Å². The van der Waals surface area contributed by atoms with Crippen LogP contribution in [-0.4, -0.2) is 26.9 Å². The van der Waals surface area contributed by atoms with Crippen LogP contribution in [0, 0.1) is 0 Å². The van der Waals surface area contributed by atoms with E-state index in [4.69, 9.17) is 33.2 Å². The summed E-state index contributed by atoms with van der Waals surface area (Å²) in [6.07, 6.45) is 2.94. The lowest BCUT2D eigenvalue weighted by Gasteiger charge is -2.05. The number of rotatable bonds is 3. The number of aromatic nitrogens is 2. The van der Waals surface area contributed by atoms with Gasteiger partial charge in [0.15, 0.2) is 0 Å². The van der Waals surface area contributed by atoms with Gasteiger partial charge in [-0.15, -0.1) is 0 Å². The Balaban J connectivity index is 2.22. The smallest absolute Gasteiger partial charge is 0.423 e. The quantitative estimate of drug-likeness (QED) is 0.816. The molecular weight excluding hydrogens is 262 g/mol. The van der Waals surface area contributed by atoms with Crippen LogP contribution in [0.25, 0.3) is 0 Å². The average Bonchev–Trinajstić information content (AvgIpc) is 2.72. The molecule has 2 rings (SSSR count). The summed E-state index contributed by atoms with van der Waals surface area (Å²) in [5.41, 5.74) is 1.16.